The highest BCUT2D eigenvalue weighted by Gasteiger charge is 2.08. The van der Waals surface area contributed by atoms with Crippen LogP contribution in [0.5, 0.6) is 0 Å². The summed E-state index contributed by atoms with van der Waals surface area (Å²) < 4.78 is 13.0. The molecule has 0 unspecified atom stereocenters. The van der Waals surface area contributed by atoms with Crippen LogP contribution in [0.2, 0.25) is 0 Å². The van der Waals surface area contributed by atoms with Crippen LogP contribution in [0.3, 0.4) is 0 Å². The number of aryl methyl sites for hydroxylation is 1. The zero-order valence-corrected chi connectivity index (χ0v) is 11.1. The maximum absolute atomic E-state index is 13.0. The third kappa shape index (κ3) is 4.38. The van der Waals surface area contributed by atoms with Gasteiger partial charge in [0.1, 0.15) is 5.82 Å². The van der Waals surface area contributed by atoms with E-state index < -0.39 is 4.92 Å². The monoisotopic (exact) mass is 288 g/mol. The van der Waals surface area contributed by atoms with Crippen molar-refractivity contribution >= 4 is 17.3 Å². The molecule has 0 bridgehead atoms. The zero-order valence-electron chi connectivity index (χ0n) is 11.1. The molecule has 2 aromatic carbocycles. The molecule has 0 radical (unpaired) electrons. The molecule has 0 saturated heterocycles. The molecule has 0 aromatic heterocycles. The Hall–Kier alpha value is -2.76. The average molecular weight is 288 g/mol. The normalized spacial score (nSPS) is 10.1. The summed E-state index contributed by atoms with van der Waals surface area (Å²) in [6.07, 6.45) is 0.574. The summed E-state index contributed by atoms with van der Waals surface area (Å²) in [6.45, 7) is 0. The highest BCUT2D eigenvalue weighted by Crippen LogP contribution is 2.17. The fourth-order valence-electron chi connectivity index (χ4n) is 1.87. The fraction of sp³-hybridized carbons (Fsp3) is 0.133. The minimum atomic E-state index is -0.525. The van der Waals surface area contributed by atoms with Gasteiger partial charge in [-0.25, -0.2) is 4.39 Å². The lowest BCUT2D eigenvalue weighted by Crippen LogP contribution is -2.12. The molecule has 2 rings (SSSR count). The SMILES string of the molecule is O=C(CCc1cccc(F)c1)Nc1cccc([N+](=O)[O-])c1. The predicted molar refractivity (Wildman–Crippen MR) is 76.4 cm³/mol. The standard InChI is InChI=1S/C15H13FN2O3/c16-12-4-1-3-11(9-12)7-8-15(19)17-13-5-2-6-14(10-13)18(20)21/h1-6,9-10H,7-8H2,(H,17,19). The van der Waals surface area contributed by atoms with Crippen molar-refractivity contribution in [1.82, 2.24) is 0 Å². The molecule has 0 fully saturated rings. The van der Waals surface area contributed by atoms with Crippen LogP contribution in [0.15, 0.2) is 48.5 Å². The van der Waals surface area contributed by atoms with Gasteiger partial charge in [-0.05, 0) is 30.2 Å². The van der Waals surface area contributed by atoms with E-state index in [-0.39, 0.29) is 23.8 Å². The smallest absolute Gasteiger partial charge is 0.271 e. The lowest BCUT2D eigenvalue weighted by molar-refractivity contribution is -0.384. The topological polar surface area (TPSA) is 72.2 Å². The number of rotatable bonds is 5. The van der Waals surface area contributed by atoms with Crippen LogP contribution in [0.1, 0.15) is 12.0 Å². The number of anilines is 1. The largest absolute Gasteiger partial charge is 0.326 e. The number of non-ortho nitro benzene ring substituents is 1. The Kier molecular flexibility index (Phi) is 4.61. The Labute approximate surface area is 120 Å². The van der Waals surface area contributed by atoms with Gasteiger partial charge in [-0.15, -0.1) is 0 Å². The van der Waals surface area contributed by atoms with Crippen molar-refractivity contribution < 1.29 is 14.1 Å². The molecule has 5 nitrogen and oxygen atoms in total. The number of halogens is 1. The minimum absolute atomic E-state index is 0.0852. The van der Waals surface area contributed by atoms with Crippen molar-refractivity contribution in [3.8, 4) is 0 Å². The van der Waals surface area contributed by atoms with E-state index >= 15 is 0 Å². The molecule has 0 aliphatic carbocycles. The predicted octanol–water partition coefficient (Wildman–Crippen LogP) is 3.31. The first kappa shape index (κ1) is 14.6. The van der Waals surface area contributed by atoms with Crippen LogP contribution in [-0.2, 0) is 11.2 Å². The van der Waals surface area contributed by atoms with Crippen molar-refractivity contribution in [3.63, 3.8) is 0 Å². The molecule has 0 atom stereocenters. The number of nitro benzene ring substituents is 1. The molecule has 0 aliphatic heterocycles. The van der Waals surface area contributed by atoms with Gasteiger partial charge in [-0.3, -0.25) is 14.9 Å². The minimum Gasteiger partial charge on any atom is -0.326 e. The molecule has 1 N–H and O–H groups in total. The Morgan fingerprint density at radius 3 is 2.67 bits per heavy atom. The number of nitrogens with one attached hydrogen (secondary N) is 1. The molecule has 6 heteroatoms. The van der Waals surface area contributed by atoms with Crippen molar-refractivity contribution in [2.24, 2.45) is 0 Å². The summed E-state index contributed by atoms with van der Waals surface area (Å²) in [5.74, 6) is -0.619. The Bertz CT molecular complexity index is 673. The van der Waals surface area contributed by atoms with Crippen molar-refractivity contribution in [3.05, 3.63) is 70.0 Å². The second-order valence-electron chi connectivity index (χ2n) is 4.49. The second-order valence-corrected chi connectivity index (χ2v) is 4.49. The van der Waals surface area contributed by atoms with Gasteiger partial charge in [0.25, 0.3) is 5.69 Å². The van der Waals surface area contributed by atoms with Gasteiger partial charge in [0, 0.05) is 24.2 Å². The van der Waals surface area contributed by atoms with Gasteiger partial charge in [0.05, 0.1) is 4.92 Å². The van der Waals surface area contributed by atoms with E-state index in [9.17, 15) is 19.3 Å². The molecule has 21 heavy (non-hydrogen) atoms. The number of nitrogens with zero attached hydrogens (tertiary/aromatic N) is 1. The second kappa shape index (κ2) is 6.60. The lowest BCUT2D eigenvalue weighted by atomic mass is 10.1. The molecule has 108 valence electrons. The third-order valence-corrected chi connectivity index (χ3v) is 2.87. The van der Waals surface area contributed by atoms with E-state index in [4.69, 9.17) is 0 Å². The van der Waals surface area contributed by atoms with E-state index in [1.165, 1.54) is 30.3 Å². The molecule has 2 aromatic rings. The third-order valence-electron chi connectivity index (χ3n) is 2.87. The van der Waals surface area contributed by atoms with Gasteiger partial charge >= 0.3 is 0 Å². The zero-order chi connectivity index (χ0) is 15.2. The molecule has 0 saturated carbocycles. The summed E-state index contributed by atoms with van der Waals surface area (Å²) in [5, 5.41) is 13.2. The lowest BCUT2D eigenvalue weighted by Gasteiger charge is -2.05. The van der Waals surface area contributed by atoms with E-state index in [1.54, 1.807) is 18.2 Å². The van der Waals surface area contributed by atoms with E-state index in [0.29, 0.717) is 12.1 Å². The first-order chi connectivity index (χ1) is 10.0. The van der Waals surface area contributed by atoms with Gasteiger partial charge in [0.15, 0.2) is 0 Å². The van der Waals surface area contributed by atoms with Crippen LogP contribution in [-0.4, -0.2) is 10.8 Å². The molecular formula is C15H13FN2O3. The van der Waals surface area contributed by atoms with Crippen molar-refractivity contribution in [2.75, 3.05) is 5.32 Å². The van der Waals surface area contributed by atoms with Crippen LogP contribution in [0.4, 0.5) is 15.8 Å². The van der Waals surface area contributed by atoms with E-state index in [1.807, 2.05) is 0 Å². The first-order valence-corrected chi connectivity index (χ1v) is 6.33. The highest BCUT2D eigenvalue weighted by molar-refractivity contribution is 5.91. The maximum atomic E-state index is 13.0. The fourth-order valence-corrected chi connectivity index (χ4v) is 1.87. The molecule has 0 aliphatic rings. The van der Waals surface area contributed by atoms with Gasteiger partial charge < -0.3 is 5.32 Å². The summed E-state index contributed by atoms with van der Waals surface area (Å²) in [6, 6.07) is 11.8. The van der Waals surface area contributed by atoms with Crippen molar-refractivity contribution in [1.29, 1.82) is 0 Å². The Balaban J connectivity index is 1.93. The number of benzene rings is 2. The summed E-state index contributed by atoms with van der Waals surface area (Å²) in [5.41, 5.74) is 1.01. The summed E-state index contributed by atoms with van der Waals surface area (Å²) in [4.78, 5) is 21.9. The number of carbonyl (C=O) groups excluding carboxylic acids is 1. The number of carbonyl (C=O) groups is 1. The van der Waals surface area contributed by atoms with E-state index in [2.05, 4.69) is 5.32 Å². The molecular weight excluding hydrogens is 275 g/mol. The highest BCUT2D eigenvalue weighted by atomic mass is 19.1. The van der Waals surface area contributed by atoms with Crippen LogP contribution in [0.25, 0.3) is 0 Å². The number of nitro groups is 1. The molecule has 1 amide bonds. The van der Waals surface area contributed by atoms with Crippen LogP contribution in [0, 0.1) is 15.9 Å². The van der Waals surface area contributed by atoms with Crippen LogP contribution < -0.4 is 5.32 Å². The quantitative estimate of drug-likeness (QED) is 0.677. The van der Waals surface area contributed by atoms with E-state index in [0.717, 1.165) is 5.56 Å². The first-order valence-electron chi connectivity index (χ1n) is 6.33. The Morgan fingerprint density at radius 1 is 1.19 bits per heavy atom. The number of amides is 1. The van der Waals surface area contributed by atoms with Gasteiger partial charge in [-0.2, -0.15) is 0 Å². The summed E-state index contributed by atoms with van der Waals surface area (Å²) in [7, 11) is 0. The maximum Gasteiger partial charge on any atom is 0.271 e. The average Bonchev–Trinajstić information content (AvgIpc) is 2.45. The summed E-state index contributed by atoms with van der Waals surface area (Å²) >= 11 is 0. The molecule has 0 heterocycles. The van der Waals surface area contributed by atoms with Gasteiger partial charge in [0.2, 0.25) is 5.91 Å². The van der Waals surface area contributed by atoms with Gasteiger partial charge in [-0.1, -0.05) is 18.2 Å². The van der Waals surface area contributed by atoms with Crippen molar-refractivity contribution in [2.45, 2.75) is 12.8 Å². The Morgan fingerprint density at radius 2 is 1.95 bits per heavy atom. The molecule has 0 spiro atoms. The number of hydrogen-bond donors (Lipinski definition) is 1. The van der Waals surface area contributed by atoms with Crippen LogP contribution >= 0.6 is 0 Å². The number of hydrogen-bond acceptors (Lipinski definition) is 3.